The van der Waals surface area contributed by atoms with Gasteiger partial charge in [0, 0.05) is 24.2 Å². The molecule has 0 spiro atoms. The van der Waals surface area contributed by atoms with E-state index in [-0.39, 0.29) is 11.5 Å². The molecular formula is C15H27N3. The summed E-state index contributed by atoms with van der Waals surface area (Å²) in [5.74, 6) is 0.266. The van der Waals surface area contributed by atoms with E-state index < -0.39 is 0 Å². The lowest BCUT2D eigenvalue weighted by molar-refractivity contribution is 0.129. The molecule has 2 rings (SSSR count). The van der Waals surface area contributed by atoms with E-state index in [9.17, 15) is 0 Å². The summed E-state index contributed by atoms with van der Waals surface area (Å²) in [4.78, 5) is 2.57. The molecule has 0 radical (unpaired) electrons. The quantitative estimate of drug-likeness (QED) is 0.817. The molecule has 3 nitrogen and oxygen atoms in total. The summed E-state index contributed by atoms with van der Waals surface area (Å²) in [6, 6.07) is 3.69. The number of nitrogens with one attached hydrogen (secondary N) is 1. The molecule has 3 heteroatoms. The summed E-state index contributed by atoms with van der Waals surface area (Å²) in [5.41, 5.74) is 0.189. The van der Waals surface area contributed by atoms with Crippen molar-refractivity contribution in [3.05, 3.63) is 0 Å². The highest BCUT2D eigenvalue weighted by Crippen LogP contribution is 2.29. The van der Waals surface area contributed by atoms with E-state index in [2.05, 4.69) is 37.1 Å². The number of nitrogens with zero attached hydrogens (tertiary/aromatic N) is 2. The fourth-order valence-electron chi connectivity index (χ4n) is 3.47. The third-order valence-corrected chi connectivity index (χ3v) is 4.22. The zero-order valence-corrected chi connectivity index (χ0v) is 12.1. The van der Waals surface area contributed by atoms with Gasteiger partial charge in [0.15, 0.2) is 0 Å². The van der Waals surface area contributed by atoms with Gasteiger partial charge in [-0.1, -0.05) is 12.8 Å². The molecule has 2 aliphatic rings. The Labute approximate surface area is 112 Å². The Morgan fingerprint density at radius 3 is 2.50 bits per heavy atom. The molecule has 0 aromatic carbocycles. The fourth-order valence-corrected chi connectivity index (χ4v) is 3.47. The summed E-state index contributed by atoms with van der Waals surface area (Å²) in [5, 5.41) is 12.8. The van der Waals surface area contributed by atoms with Crippen molar-refractivity contribution in [2.45, 2.75) is 70.5 Å². The second kappa shape index (κ2) is 5.59. The molecule has 0 bridgehead atoms. The predicted octanol–water partition coefficient (Wildman–Crippen LogP) is 2.53. The molecule has 2 fully saturated rings. The summed E-state index contributed by atoms with van der Waals surface area (Å²) in [6.45, 7) is 8.86. The third kappa shape index (κ3) is 3.46. The van der Waals surface area contributed by atoms with Crippen molar-refractivity contribution in [2.75, 3.05) is 13.1 Å². The van der Waals surface area contributed by atoms with Crippen LogP contribution in [0.4, 0.5) is 0 Å². The summed E-state index contributed by atoms with van der Waals surface area (Å²) in [6.07, 6.45) is 6.34. The Balaban J connectivity index is 1.98. The van der Waals surface area contributed by atoms with Gasteiger partial charge < -0.3 is 5.32 Å². The molecule has 1 saturated heterocycles. The Morgan fingerprint density at radius 2 is 1.89 bits per heavy atom. The maximum Gasteiger partial charge on any atom is 0.0669 e. The average Bonchev–Trinajstić information content (AvgIpc) is 2.76. The molecule has 0 aromatic heterocycles. The number of likely N-dealkylation sites (tertiary alicyclic amines) is 1. The smallest absolute Gasteiger partial charge is 0.0669 e. The highest BCUT2D eigenvalue weighted by Gasteiger charge is 2.35. The lowest BCUT2D eigenvalue weighted by Crippen LogP contribution is -2.56. The number of hydrogen-bond acceptors (Lipinski definition) is 3. The Hall–Kier alpha value is -0.590. The molecule has 3 atom stereocenters. The highest BCUT2D eigenvalue weighted by molar-refractivity contribution is 4.98. The van der Waals surface area contributed by atoms with Gasteiger partial charge in [0.05, 0.1) is 12.0 Å². The van der Waals surface area contributed by atoms with Gasteiger partial charge in [-0.15, -0.1) is 0 Å². The van der Waals surface area contributed by atoms with E-state index in [4.69, 9.17) is 5.26 Å². The van der Waals surface area contributed by atoms with E-state index in [1.54, 1.807) is 0 Å². The summed E-state index contributed by atoms with van der Waals surface area (Å²) in [7, 11) is 0. The number of rotatable bonds is 2. The van der Waals surface area contributed by atoms with Crippen molar-refractivity contribution >= 4 is 0 Å². The first kappa shape index (κ1) is 13.8. The second-order valence-corrected chi connectivity index (χ2v) is 6.96. The van der Waals surface area contributed by atoms with Crippen LogP contribution in [-0.4, -0.2) is 35.6 Å². The number of hydrogen-bond donors (Lipinski definition) is 1. The molecule has 0 amide bonds. The van der Waals surface area contributed by atoms with Crippen LogP contribution in [-0.2, 0) is 0 Å². The molecule has 0 unspecified atom stereocenters. The van der Waals surface area contributed by atoms with Crippen LogP contribution in [0.5, 0.6) is 0 Å². The highest BCUT2D eigenvalue weighted by atomic mass is 15.2. The first-order valence-electron chi connectivity index (χ1n) is 7.41. The van der Waals surface area contributed by atoms with Crippen LogP contribution in [0.1, 0.15) is 52.9 Å². The van der Waals surface area contributed by atoms with E-state index in [0.717, 1.165) is 19.5 Å². The van der Waals surface area contributed by atoms with Gasteiger partial charge in [0.1, 0.15) is 0 Å². The lowest BCUT2D eigenvalue weighted by atomic mass is 9.87. The van der Waals surface area contributed by atoms with Gasteiger partial charge in [-0.3, -0.25) is 4.90 Å². The van der Waals surface area contributed by atoms with Crippen molar-refractivity contribution < 1.29 is 0 Å². The minimum absolute atomic E-state index is 0.189. The Morgan fingerprint density at radius 1 is 1.17 bits per heavy atom. The second-order valence-electron chi connectivity index (χ2n) is 6.96. The summed E-state index contributed by atoms with van der Waals surface area (Å²) >= 11 is 0. The van der Waals surface area contributed by atoms with Crippen LogP contribution in [0.25, 0.3) is 0 Å². The topological polar surface area (TPSA) is 39.1 Å². The zero-order valence-electron chi connectivity index (χ0n) is 12.1. The summed E-state index contributed by atoms with van der Waals surface area (Å²) < 4.78 is 0. The van der Waals surface area contributed by atoms with Gasteiger partial charge in [-0.25, -0.2) is 0 Å². The largest absolute Gasteiger partial charge is 0.308 e. The predicted molar refractivity (Wildman–Crippen MR) is 74.2 cm³/mol. The van der Waals surface area contributed by atoms with Crippen molar-refractivity contribution in [3.63, 3.8) is 0 Å². The van der Waals surface area contributed by atoms with Crippen LogP contribution in [0, 0.1) is 17.2 Å². The van der Waals surface area contributed by atoms with Gasteiger partial charge in [-0.05, 0) is 46.6 Å². The Kier molecular flexibility index (Phi) is 4.29. The minimum Gasteiger partial charge on any atom is -0.308 e. The minimum atomic E-state index is 0.189. The maximum absolute atomic E-state index is 9.04. The van der Waals surface area contributed by atoms with E-state index in [1.807, 2.05) is 0 Å². The monoisotopic (exact) mass is 249 g/mol. The van der Waals surface area contributed by atoms with Crippen LogP contribution < -0.4 is 5.32 Å². The van der Waals surface area contributed by atoms with Crippen LogP contribution in [0.2, 0.25) is 0 Å². The molecule has 18 heavy (non-hydrogen) atoms. The molecule has 1 N–H and O–H groups in total. The molecule has 0 aromatic rings. The first-order chi connectivity index (χ1) is 8.49. The van der Waals surface area contributed by atoms with Gasteiger partial charge in [-0.2, -0.15) is 5.26 Å². The van der Waals surface area contributed by atoms with Crippen LogP contribution in [0.3, 0.4) is 0 Å². The lowest BCUT2D eigenvalue weighted by Gasteiger charge is -2.41. The maximum atomic E-state index is 9.04. The van der Waals surface area contributed by atoms with E-state index in [1.165, 1.54) is 25.7 Å². The standard InChI is InChI=1S/C15H27N3/c1-15(2,3)17-13-6-4-5-7-14(13)18-9-8-12(10-16)11-18/h12-14,17H,4-9,11H2,1-3H3/t12-,13-,14-/m0/s1. The normalized spacial score (nSPS) is 34.4. The zero-order chi connectivity index (χ0) is 13.2. The van der Waals surface area contributed by atoms with Crippen molar-refractivity contribution in [2.24, 2.45) is 5.92 Å². The van der Waals surface area contributed by atoms with Gasteiger partial charge in [0.2, 0.25) is 0 Å². The fraction of sp³-hybridized carbons (Fsp3) is 0.933. The van der Waals surface area contributed by atoms with Crippen molar-refractivity contribution in [3.8, 4) is 6.07 Å². The SMILES string of the molecule is CC(C)(C)N[C@H]1CCCC[C@@H]1N1CC[C@@H](C#N)C1. The number of nitriles is 1. The third-order valence-electron chi connectivity index (χ3n) is 4.22. The van der Waals surface area contributed by atoms with Gasteiger partial charge >= 0.3 is 0 Å². The average molecular weight is 249 g/mol. The first-order valence-corrected chi connectivity index (χ1v) is 7.41. The van der Waals surface area contributed by atoms with E-state index in [0.29, 0.717) is 12.1 Å². The molecule has 1 aliphatic carbocycles. The molecule has 102 valence electrons. The Bertz CT molecular complexity index is 313. The van der Waals surface area contributed by atoms with Gasteiger partial charge in [0.25, 0.3) is 0 Å². The van der Waals surface area contributed by atoms with Crippen molar-refractivity contribution in [1.29, 1.82) is 5.26 Å². The van der Waals surface area contributed by atoms with Crippen LogP contribution >= 0.6 is 0 Å². The molecule has 1 heterocycles. The van der Waals surface area contributed by atoms with E-state index >= 15 is 0 Å². The molecule has 1 aliphatic heterocycles. The molecular weight excluding hydrogens is 222 g/mol. The van der Waals surface area contributed by atoms with Crippen LogP contribution in [0.15, 0.2) is 0 Å². The molecule has 1 saturated carbocycles. The van der Waals surface area contributed by atoms with Crippen molar-refractivity contribution in [1.82, 2.24) is 10.2 Å².